The van der Waals surface area contributed by atoms with Crippen molar-refractivity contribution in [3.8, 4) is 0 Å². The number of benzene rings is 2. The van der Waals surface area contributed by atoms with Gasteiger partial charge in [0.1, 0.15) is 0 Å². The van der Waals surface area contributed by atoms with Crippen LogP contribution in [0.1, 0.15) is 30.6 Å². The van der Waals surface area contributed by atoms with Crippen LogP contribution >= 0.6 is 0 Å². The van der Waals surface area contributed by atoms with Crippen LogP contribution in [0.15, 0.2) is 42.5 Å². The third kappa shape index (κ3) is 2.89. The van der Waals surface area contributed by atoms with E-state index in [0.29, 0.717) is 5.92 Å². The molecule has 2 rings (SSSR count). The predicted octanol–water partition coefficient (Wildman–Crippen LogP) is 3.62. The van der Waals surface area contributed by atoms with E-state index in [4.69, 9.17) is 0 Å². The zero-order valence-electron chi connectivity index (χ0n) is 10.9. The van der Waals surface area contributed by atoms with Gasteiger partial charge in [-0.1, -0.05) is 50.2 Å². The second kappa shape index (κ2) is 5.67. The first-order valence-corrected chi connectivity index (χ1v) is 6.44. The largest absolute Gasteiger partial charge is 0.352 e. The summed E-state index contributed by atoms with van der Waals surface area (Å²) < 4.78 is 0. The van der Waals surface area contributed by atoms with Crippen LogP contribution in [0.4, 0.5) is 0 Å². The molecule has 0 saturated heterocycles. The van der Waals surface area contributed by atoms with Gasteiger partial charge in [0.05, 0.1) is 0 Å². The summed E-state index contributed by atoms with van der Waals surface area (Å²) in [5.74, 6) is 0.630. The van der Waals surface area contributed by atoms with E-state index in [9.17, 15) is 4.79 Å². The van der Waals surface area contributed by atoms with Crippen molar-refractivity contribution in [2.24, 2.45) is 5.92 Å². The summed E-state index contributed by atoms with van der Waals surface area (Å²) in [5.41, 5.74) is 0.761. The van der Waals surface area contributed by atoms with Gasteiger partial charge in [0.25, 0.3) is 5.91 Å². The summed E-state index contributed by atoms with van der Waals surface area (Å²) in [6.45, 7) is 5.05. The standard InChI is InChI=1S/C16H19NO/c1-12(2)10-11-17-16(18)15-9-5-7-13-6-3-4-8-14(13)15/h3-9,12H,10-11H2,1-2H3,(H,17,18). The number of carbonyl (C=O) groups excluding carboxylic acids is 1. The number of hydrogen-bond acceptors (Lipinski definition) is 1. The Kier molecular flexibility index (Phi) is 3.98. The summed E-state index contributed by atoms with van der Waals surface area (Å²) in [7, 11) is 0. The molecule has 2 aromatic rings. The highest BCUT2D eigenvalue weighted by Gasteiger charge is 2.08. The van der Waals surface area contributed by atoms with Crippen molar-refractivity contribution in [1.29, 1.82) is 0 Å². The van der Waals surface area contributed by atoms with Gasteiger partial charge < -0.3 is 5.32 Å². The molecule has 0 fully saturated rings. The van der Waals surface area contributed by atoms with Gasteiger partial charge in [-0.25, -0.2) is 0 Å². The molecule has 18 heavy (non-hydrogen) atoms. The number of rotatable bonds is 4. The number of amides is 1. The van der Waals surface area contributed by atoms with Crippen molar-refractivity contribution >= 4 is 16.7 Å². The summed E-state index contributed by atoms with van der Waals surface area (Å²) >= 11 is 0. The van der Waals surface area contributed by atoms with E-state index >= 15 is 0 Å². The Bertz CT molecular complexity index is 540. The lowest BCUT2D eigenvalue weighted by Crippen LogP contribution is -2.25. The lowest BCUT2D eigenvalue weighted by molar-refractivity contribution is 0.0953. The van der Waals surface area contributed by atoms with Gasteiger partial charge in [-0.3, -0.25) is 4.79 Å². The second-order valence-electron chi connectivity index (χ2n) is 4.97. The number of hydrogen-bond donors (Lipinski definition) is 1. The van der Waals surface area contributed by atoms with Gasteiger partial charge in [-0.15, -0.1) is 0 Å². The molecule has 2 aromatic carbocycles. The molecule has 0 atom stereocenters. The van der Waals surface area contributed by atoms with E-state index in [1.807, 2.05) is 42.5 Å². The van der Waals surface area contributed by atoms with Crippen LogP contribution in [0, 0.1) is 5.92 Å². The van der Waals surface area contributed by atoms with Gasteiger partial charge in [-0.2, -0.15) is 0 Å². The number of fused-ring (bicyclic) bond motifs is 1. The average Bonchev–Trinajstić information content (AvgIpc) is 2.37. The molecule has 0 spiro atoms. The SMILES string of the molecule is CC(C)CCNC(=O)c1cccc2ccccc12. The van der Waals surface area contributed by atoms with Crippen LogP contribution in [-0.2, 0) is 0 Å². The molecule has 0 heterocycles. The highest BCUT2D eigenvalue weighted by Crippen LogP contribution is 2.18. The number of nitrogens with one attached hydrogen (secondary N) is 1. The summed E-state index contributed by atoms with van der Waals surface area (Å²) in [4.78, 5) is 12.1. The minimum absolute atomic E-state index is 0.0208. The molecule has 0 saturated carbocycles. The van der Waals surface area contributed by atoms with Crippen molar-refractivity contribution in [2.75, 3.05) is 6.54 Å². The van der Waals surface area contributed by atoms with E-state index in [0.717, 1.165) is 29.3 Å². The lowest BCUT2D eigenvalue weighted by atomic mass is 10.0. The molecule has 0 bridgehead atoms. The minimum Gasteiger partial charge on any atom is -0.352 e. The molecule has 0 aliphatic carbocycles. The molecule has 1 amide bonds. The molecule has 2 nitrogen and oxygen atoms in total. The highest BCUT2D eigenvalue weighted by molar-refractivity contribution is 6.06. The lowest BCUT2D eigenvalue weighted by Gasteiger charge is -2.09. The predicted molar refractivity (Wildman–Crippen MR) is 75.7 cm³/mol. The zero-order valence-corrected chi connectivity index (χ0v) is 10.9. The zero-order chi connectivity index (χ0) is 13.0. The summed E-state index contributed by atoms with van der Waals surface area (Å²) in [6, 6.07) is 13.8. The van der Waals surface area contributed by atoms with Crippen LogP contribution in [0.2, 0.25) is 0 Å². The van der Waals surface area contributed by atoms with Crippen molar-refractivity contribution in [3.63, 3.8) is 0 Å². The van der Waals surface area contributed by atoms with E-state index in [1.54, 1.807) is 0 Å². The Morgan fingerprint density at radius 2 is 1.83 bits per heavy atom. The third-order valence-electron chi connectivity index (χ3n) is 3.04. The van der Waals surface area contributed by atoms with E-state index in [2.05, 4.69) is 19.2 Å². The first kappa shape index (κ1) is 12.6. The Morgan fingerprint density at radius 1 is 1.11 bits per heavy atom. The monoisotopic (exact) mass is 241 g/mol. The molecule has 1 N–H and O–H groups in total. The van der Waals surface area contributed by atoms with Crippen LogP contribution in [0.5, 0.6) is 0 Å². The minimum atomic E-state index is 0.0208. The Morgan fingerprint density at radius 3 is 2.61 bits per heavy atom. The molecule has 0 aromatic heterocycles. The van der Waals surface area contributed by atoms with Crippen molar-refractivity contribution < 1.29 is 4.79 Å². The van der Waals surface area contributed by atoms with Crippen LogP contribution < -0.4 is 5.32 Å². The van der Waals surface area contributed by atoms with Crippen LogP contribution in [0.3, 0.4) is 0 Å². The molecular formula is C16H19NO. The molecule has 94 valence electrons. The maximum atomic E-state index is 12.1. The first-order valence-electron chi connectivity index (χ1n) is 6.44. The topological polar surface area (TPSA) is 29.1 Å². The van der Waals surface area contributed by atoms with Crippen molar-refractivity contribution in [3.05, 3.63) is 48.0 Å². The molecule has 0 unspecified atom stereocenters. The molecule has 0 aliphatic heterocycles. The first-order chi connectivity index (χ1) is 8.68. The van der Waals surface area contributed by atoms with E-state index in [1.165, 1.54) is 0 Å². The number of carbonyl (C=O) groups is 1. The van der Waals surface area contributed by atoms with Gasteiger partial charge in [0.15, 0.2) is 0 Å². The third-order valence-corrected chi connectivity index (χ3v) is 3.04. The Hall–Kier alpha value is -1.83. The second-order valence-corrected chi connectivity index (χ2v) is 4.97. The Labute approximate surface area is 108 Å². The van der Waals surface area contributed by atoms with Gasteiger partial charge in [0, 0.05) is 12.1 Å². The van der Waals surface area contributed by atoms with E-state index in [-0.39, 0.29) is 5.91 Å². The fourth-order valence-electron chi connectivity index (χ4n) is 1.99. The maximum absolute atomic E-state index is 12.1. The highest BCUT2D eigenvalue weighted by atomic mass is 16.1. The Balaban J connectivity index is 2.17. The fraction of sp³-hybridized carbons (Fsp3) is 0.312. The smallest absolute Gasteiger partial charge is 0.251 e. The van der Waals surface area contributed by atoms with Crippen LogP contribution in [-0.4, -0.2) is 12.5 Å². The maximum Gasteiger partial charge on any atom is 0.251 e. The molecule has 0 aliphatic rings. The van der Waals surface area contributed by atoms with Crippen molar-refractivity contribution in [1.82, 2.24) is 5.32 Å². The quantitative estimate of drug-likeness (QED) is 0.870. The van der Waals surface area contributed by atoms with Crippen LogP contribution in [0.25, 0.3) is 10.8 Å². The molecule has 0 radical (unpaired) electrons. The molecular weight excluding hydrogens is 222 g/mol. The van der Waals surface area contributed by atoms with Gasteiger partial charge in [0.2, 0.25) is 0 Å². The average molecular weight is 241 g/mol. The summed E-state index contributed by atoms with van der Waals surface area (Å²) in [6.07, 6.45) is 1.01. The molecule has 2 heteroatoms. The summed E-state index contributed by atoms with van der Waals surface area (Å²) in [5, 5.41) is 5.10. The van der Waals surface area contributed by atoms with Gasteiger partial charge >= 0.3 is 0 Å². The van der Waals surface area contributed by atoms with Crippen molar-refractivity contribution in [2.45, 2.75) is 20.3 Å². The normalized spacial score (nSPS) is 10.8. The van der Waals surface area contributed by atoms with E-state index < -0.39 is 0 Å². The fourth-order valence-corrected chi connectivity index (χ4v) is 1.99. The van der Waals surface area contributed by atoms with Gasteiger partial charge in [-0.05, 0) is 29.2 Å².